The van der Waals surface area contributed by atoms with Gasteiger partial charge in [-0.2, -0.15) is 4.31 Å². The lowest BCUT2D eigenvalue weighted by molar-refractivity contribution is -0.115. The van der Waals surface area contributed by atoms with Crippen molar-refractivity contribution >= 4 is 21.6 Å². The predicted molar refractivity (Wildman–Crippen MR) is 82.6 cm³/mol. The van der Waals surface area contributed by atoms with Crippen LogP contribution in [0.3, 0.4) is 0 Å². The van der Waals surface area contributed by atoms with Crippen LogP contribution in [0, 0.1) is 0 Å². The number of benzene rings is 1. The molecule has 1 N–H and O–H groups in total. The van der Waals surface area contributed by atoms with E-state index in [9.17, 15) is 13.2 Å². The average Bonchev–Trinajstić information content (AvgIpc) is 2.48. The van der Waals surface area contributed by atoms with Gasteiger partial charge in [0.15, 0.2) is 0 Å². The van der Waals surface area contributed by atoms with Crippen molar-refractivity contribution in [3.63, 3.8) is 0 Å². The van der Waals surface area contributed by atoms with Gasteiger partial charge in [-0.1, -0.05) is 13.3 Å². The summed E-state index contributed by atoms with van der Waals surface area (Å²) in [6.45, 7) is 4.30. The summed E-state index contributed by atoms with van der Waals surface area (Å²) in [5.41, 5.74) is 0.618. The van der Waals surface area contributed by atoms with Crippen molar-refractivity contribution in [1.82, 2.24) is 4.31 Å². The molecule has 1 aliphatic rings. The Bertz CT molecular complexity index is 596. The number of hydrogen-bond acceptors (Lipinski definition) is 3. The van der Waals surface area contributed by atoms with Gasteiger partial charge in [0.2, 0.25) is 15.9 Å². The predicted octanol–water partition coefficient (Wildman–Crippen LogP) is 2.60. The summed E-state index contributed by atoms with van der Waals surface area (Å²) in [4.78, 5) is 11.6. The number of sulfonamides is 1. The molecule has 116 valence electrons. The maximum Gasteiger partial charge on any atom is 0.243 e. The van der Waals surface area contributed by atoms with Crippen molar-refractivity contribution < 1.29 is 13.2 Å². The minimum Gasteiger partial charge on any atom is -0.326 e. The van der Waals surface area contributed by atoms with Crippen molar-refractivity contribution in [2.24, 2.45) is 0 Å². The number of amides is 1. The first-order valence-corrected chi connectivity index (χ1v) is 8.81. The number of anilines is 1. The fourth-order valence-corrected chi connectivity index (χ4v) is 4.22. The Kier molecular flexibility index (Phi) is 5.00. The molecule has 0 spiro atoms. The molecule has 1 aromatic carbocycles. The number of carbonyl (C=O) groups excluding carboxylic acids is 1. The molecule has 1 aliphatic heterocycles. The van der Waals surface area contributed by atoms with E-state index in [-0.39, 0.29) is 16.8 Å². The topological polar surface area (TPSA) is 66.5 Å². The van der Waals surface area contributed by atoms with Crippen molar-refractivity contribution in [2.45, 2.75) is 50.5 Å². The van der Waals surface area contributed by atoms with Crippen LogP contribution in [-0.4, -0.2) is 31.2 Å². The van der Waals surface area contributed by atoms with Gasteiger partial charge >= 0.3 is 0 Å². The van der Waals surface area contributed by atoms with Crippen molar-refractivity contribution in [3.8, 4) is 0 Å². The van der Waals surface area contributed by atoms with Crippen molar-refractivity contribution in [2.75, 3.05) is 11.9 Å². The first kappa shape index (κ1) is 16.0. The number of piperidine rings is 1. The number of hydrogen-bond donors (Lipinski definition) is 1. The van der Waals surface area contributed by atoms with Gasteiger partial charge in [0, 0.05) is 24.7 Å². The zero-order chi connectivity index (χ0) is 15.5. The highest BCUT2D eigenvalue weighted by atomic mass is 32.2. The Morgan fingerprint density at radius 1 is 1.29 bits per heavy atom. The summed E-state index contributed by atoms with van der Waals surface area (Å²) in [5, 5.41) is 2.71. The van der Waals surface area contributed by atoms with E-state index in [4.69, 9.17) is 0 Å². The molecule has 1 amide bonds. The molecule has 0 saturated carbocycles. The summed E-state index contributed by atoms with van der Waals surface area (Å²) in [6, 6.07) is 6.43. The van der Waals surface area contributed by atoms with Crippen LogP contribution in [0.5, 0.6) is 0 Å². The molecular weight excluding hydrogens is 288 g/mol. The third-order valence-corrected chi connectivity index (χ3v) is 5.84. The van der Waals surface area contributed by atoms with E-state index >= 15 is 0 Å². The van der Waals surface area contributed by atoms with Crippen molar-refractivity contribution in [1.29, 1.82) is 0 Å². The van der Waals surface area contributed by atoms with Crippen LogP contribution in [0.2, 0.25) is 0 Å². The van der Waals surface area contributed by atoms with E-state index < -0.39 is 10.0 Å². The van der Waals surface area contributed by atoms with Crippen LogP contribution >= 0.6 is 0 Å². The molecule has 0 unspecified atom stereocenters. The van der Waals surface area contributed by atoms with Gasteiger partial charge in [-0.3, -0.25) is 4.79 Å². The normalized spacial score (nSPS) is 20.2. The van der Waals surface area contributed by atoms with E-state index in [2.05, 4.69) is 5.32 Å². The van der Waals surface area contributed by atoms with Crippen LogP contribution in [0.25, 0.3) is 0 Å². The van der Waals surface area contributed by atoms with Crippen LogP contribution in [-0.2, 0) is 14.8 Å². The summed E-state index contributed by atoms with van der Waals surface area (Å²) < 4.78 is 26.8. The molecule has 0 radical (unpaired) electrons. The number of nitrogens with one attached hydrogen (secondary N) is 1. The molecule has 21 heavy (non-hydrogen) atoms. The molecule has 1 aromatic rings. The second kappa shape index (κ2) is 6.58. The first-order valence-electron chi connectivity index (χ1n) is 7.37. The minimum atomic E-state index is -3.44. The Morgan fingerprint density at radius 2 is 1.95 bits per heavy atom. The molecule has 0 aromatic heterocycles. The molecular formula is C15H22N2O3S. The van der Waals surface area contributed by atoms with E-state index in [0.717, 1.165) is 19.3 Å². The second-order valence-electron chi connectivity index (χ2n) is 5.39. The van der Waals surface area contributed by atoms with Gasteiger partial charge in [-0.15, -0.1) is 0 Å². The van der Waals surface area contributed by atoms with Crippen LogP contribution < -0.4 is 5.32 Å². The molecule has 0 bridgehead atoms. The maximum atomic E-state index is 12.6. The molecule has 1 atom stereocenters. The zero-order valence-corrected chi connectivity index (χ0v) is 13.3. The summed E-state index contributed by atoms with van der Waals surface area (Å²) >= 11 is 0. The molecule has 2 rings (SSSR count). The average molecular weight is 310 g/mol. The van der Waals surface area contributed by atoms with Gasteiger partial charge in [0.05, 0.1) is 4.90 Å². The highest BCUT2D eigenvalue weighted by molar-refractivity contribution is 7.89. The minimum absolute atomic E-state index is 0.0446. The first-order chi connectivity index (χ1) is 9.95. The smallest absolute Gasteiger partial charge is 0.243 e. The number of rotatable bonds is 4. The molecule has 1 saturated heterocycles. The largest absolute Gasteiger partial charge is 0.326 e. The van der Waals surface area contributed by atoms with Crippen molar-refractivity contribution in [3.05, 3.63) is 24.3 Å². The Morgan fingerprint density at radius 3 is 2.52 bits per heavy atom. The molecule has 0 aliphatic carbocycles. The molecule has 5 nitrogen and oxygen atoms in total. The lowest BCUT2D eigenvalue weighted by atomic mass is 10.1. The van der Waals surface area contributed by atoms with Gasteiger partial charge in [-0.05, 0) is 44.0 Å². The Balaban J connectivity index is 2.18. The van der Waals surface area contributed by atoms with Crippen LogP contribution in [0.4, 0.5) is 5.69 Å². The quantitative estimate of drug-likeness (QED) is 0.929. The Labute approximate surface area is 126 Å². The van der Waals surface area contributed by atoms with E-state index in [1.165, 1.54) is 0 Å². The Hall–Kier alpha value is -1.40. The summed E-state index contributed by atoms with van der Waals surface area (Å²) in [7, 11) is -3.44. The van der Waals surface area contributed by atoms with Gasteiger partial charge in [0.25, 0.3) is 0 Å². The number of carbonyl (C=O) groups is 1. The van der Waals surface area contributed by atoms with Crippen LogP contribution in [0.1, 0.15) is 39.5 Å². The molecule has 1 heterocycles. The number of nitrogens with zero attached hydrogens (tertiary/aromatic N) is 1. The highest BCUT2D eigenvalue weighted by Gasteiger charge is 2.30. The van der Waals surface area contributed by atoms with Gasteiger partial charge in [0.1, 0.15) is 0 Å². The standard InChI is InChI=1S/C15H22N2O3S/c1-3-15(18)16-13-7-9-14(10-8-13)21(19,20)17-11-5-4-6-12(17)2/h7-10,12H,3-6,11H2,1-2H3,(H,16,18)/t12-/m0/s1. The zero-order valence-electron chi connectivity index (χ0n) is 12.5. The fourth-order valence-electron chi connectivity index (χ4n) is 2.52. The van der Waals surface area contributed by atoms with Gasteiger partial charge in [-0.25, -0.2) is 8.42 Å². The third-order valence-electron chi connectivity index (χ3n) is 3.81. The maximum absolute atomic E-state index is 12.6. The highest BCUT2D eigenvalue weighted by Crippen LogP contribution is 2.25. The van der Waals surface area contributed by atoms with E-state index in [1.807, 2.05) is 6.92 Å². The lowest BCUT2D eigenvalue weighted by Crippen LogP contribution is -2.41. The van der Waals surface area contributed by atoms with Gasteiger partial charge < -0.3 is 5.32 Å². The van der Waals surface area contributed by atoms with Crippen LogP contribution in [0.15, 0.2) is 29.2 Å². The summed E-state index contributed by atoms with van der Waals surface area (Å²) in [5.74, 6) is -0.0877. The fraction of sp³-hybridized carbons (Fsp3) is 0.533. The SMILES string of the molecule is CCC(=O)Nc1ccc(S(=O)(=O)N2CCCC[C@@H]2C)cc1. The van der Waals surface area contributed by atoms with E-state index in [0.29, 0.717) is 18.7 Å². The van der Waals surface area contributed by atoms with E-state index in [1.54, 1.807) is 35.5 Å². The summed E-state index contributed by atoms with van der Waals surface area (Å²) in [6.07, 6.45) is 3.29. The third kappa shape index (κ3) is 3.63. The lowest BCUT2D eigenvalue weighted by Gasteiger charge is -2.32. The monoisotopic (exact) mass is 310 g/mol. The molecule has 6 heteroatoms. The second-order valence-corrected chi connectivity index (χ2v) is 7.28. The molecule has 1 fully saturated rings.